The molecule has 1 aromatic rings. The Morgan fingerprint density at radius 1 is 1.25 bits per heavy atom. The van der Waals surface area contributed by atoms with Gasteiger partial charge in [0.15, 0.2) is 0 Å². The molecular weight excluding hydrogens is 266 g/mol. The summed E-state index contributed by atoms with van der Waals surface area (Å²) in [5.74, 6) is 0.861. The van der Waals surface area contributed by atoms with E-state index in [-0.39, 0.29) is 11.4 Å². The maximum absolute atomic E-state index is 12.4. The monoisotopic (exact) mass is 289 g/mol. The van der Waals surface area contributed by atoms with Crippen LogP contribution in [0.25, 0.3) is 0 Å². The van der Waals surface area contributed by atoms with Crippen molar-refractivity contribution < 1.29 is 4.79 Å². The summed E-state index contributed by atoms with van der Waals surface area (Å²) < 4.78 is 0. The van der Waals surface area contributed by atoms with E-state index in [1.54, 1.807) is 11.8 Å². The van der Waals surface area contributed by atoms with E-state index in [9.17, 15) is 4.79 Å². The van der Waals surface area contributed by atoms with Gasteiger partial charge in [0.2, 0.25) is 5.91 Å². The van der Waals surface area contributed by atoms with Gasteiger partial charge in [-0.15, -0.1) is 11.8 Å². The molecule has 0 N–H and O–H groups in total. The van der Waals surface area contributed by atoms with E-state index in [0.29, 0.717) is 5.75 Å². The van der Waals surface area contributed by atoms with E-state index in [1.165, 1.54) is 35.3 Å². The Balaban J connectivity index is 1.61. The molecule has 2 nitrogen and oxygen atoms in total. The van der Waals surface area contributed by atoms with Crippen molar-refractivity contribution in [2.75, 3.05) is 12.3 Å². The highest BCUT2D eigenvalue weighted by Gasteiger charge is 2.34. The molecule has 1 amide bonds. The first-order valence-corrected chi connectivity index (χ1v) is 8.60. The van der Waals surface area contributed by atoms with Crippen LogP contribution < -0.4 is 0 Å². The Hall–Kier alpha value is -0.960. The molecule has 0 spiro atoms. The number of aryl methyl sites for hydroxylation is 2. The van der Waals surface area contributed by atoms with Crippen LogP contribution in [0.5, 0.6) is 0 Å². The number of hydrogen-bond acceptors (Lipinski definition) is 2. The van der Waals surface area contributed by atoms with Crippen LogP contribution in [0, 0.1) is 0 Å². The highest BCUT2D eigenvalue weighted by Crippen LogP contribution is 2.31. The largest absolute Gasteiger partial charge is 0.337 e. The van der Waals surface area contributed by atoms with Gasteiger partial charge in [0.05, 0.1) is 5.75 Å². The number of carbonyl (C=O) groups excluding carboxylic acids is 1. The maximum atomic E-state index is 12.4. The smallest absolute Gasteiger partial charge is 0.233 e. The van der Waals surface area contributed by atoms with Crippen molar-refractivity contribution in [2.45, 2.75) is 56.4 Å². The van der Waals surface area contributed by atoms with E-state index in [4.69, 9.17) is 0 Å². The van der Waals surface area contributed by atoms with Gasteiger partial charge < -0.3 is 4.90 Å². The number of fused-ring (bicyclic) bond motifs is 1. The topological polar surface area (TPSA) is 20.3 Å². The van der Waals surface area contributed by atoms with Crippen molar-refractivity contribution in [2.24, 2.45) is 0 Å². The first-order chi connectivity index (χ1) is 9.56. The molecule has 1 heterocycles. The molecule has 1 fully saturated rings. The van der Waals surface area contributed by atoms with Gasteiger partial charge >= 0.3 is 0 Å². The quantitative estimate of drug-likeness (QED) is 0.791. The number of benzene rings is 1. The molecule has 0 atom stereocenters. The van der Waals surface area contributed by atoms with Gasteiger partial charge in [-0.2, -0.15) is 0 Å². The van der Waals surface area contributed by atoms with Crippen LogP contribution in [-0.2, 0) is 17.6 Å². The summed E-state index contributed by atoms with van der Waals surface area (Å²) >= 11 is 1.69. The van der Waals surface area contributed by atoms with Crippen LogP contribution in [-0.4, -0.2) is 28.6 Å². The van der Waals surface area contributed by atoms with Crippen molar-refractivity contribution >= 4 is 17.7 Å². The summed E-state index contributed by atoms with van der Waals surface area (Å²) in [5, 5.41) is 0. The zero-order chi connectivity index (χ0) is 14.2. The fraction of sp³-hybridized carbons (Fsp3) is 0.588. The standard InChI is InChI=1S/C17H23NOS/c1-17(2)9-4-10-18(17)16(19)12-20-15-8-7-13-5-3-6-14(13)11-15/h7-8,11H,3-6,9-10,12H2,1-2H3. The molecule has 1 saturated heterocycles. The van der Waals surface area contributed by atoms with E-state index in [0.717, 1.165) is 19.4 Å². The maximum Gasteiger partial charge on any atom is 0.233 e. The third-order valence-corrected chi connectivity index (χ3v) is 5.61. The number of nitrogens with zero attached hydrogens (tertiary/aromatic N) is 1. The van der Waals surface area contributed by atoms with Gasteiger partial charge in [-0.05, 0) is 69.2 Å². The lowest BCUT2D eigenvalue weighted by Crippen LogP contribution is -2.43. The highest BCUT2D eigenvalue weighted by molar-refractivity contribution is 8.00. The number of amides is 1. The number of rotatable bonds is 3. The first kappa shape index (κ1) is 14.0. The Kier molecular flexibility index (Phi) is 3.80. The molecular formula is C17H23NOS. The molecule has 0 unspecified atom stereocenters. The molecule has 20 heavy (non-hydrogen) atoms. The first-order valence-electron chi connectivity index (χ1n) is 7.61. The normalized spacial score (nSPS) is 20.2. The third-order valence-electron chi connectivity index (χ3n) is 4.63. The number of likely N-dealkylation sites (tertiary alicyclic amines) is 1. The van der Waals surface area contributed by atoms with E-state index in [1.807, 2.05) is 0 Å². The third kappa shape index (κ3) is 2.73. The zero-order valence-electron chi connectivity index (χ0n) is 12.4. The molecule has 1 aliphatic heterocycles. The molecule has 0 bridgehead atoms. The average Bonchev–Trinajstić information content (AvgIpc) is 3.01. The van der Waals surface area contributed by atoms with Crippen LogP contribution in [0.4, 0.5) is 0 Å². The SMILES string of the molecule is CC1(C)CCCN1C(=O)CSc1ccc2c(c1)CCC2. The lowest BCUT2D eigenvalue weighted by molar-refractivity contribution is -0.131. The fourth-order valence-electron chi connectivity index (χ4n) is 3.43. The molecule has 1 aliphatic carbocycles. The highest BCUT2D eigenvalue weighted by atomic mass is 32.2. The minimum atomic E-state index is 0.0512. The van der Waals surface area contributed by atoms with Gasteiger partial charge in [-0.3, -0.25) is 4.79 Å². The Labute approximate surface area is 125 Å². The predicted octanol–water partition coefficient (Wildman–Crippen LogP) is 3.67. The summed E-state index contributed by atoms with van der Waals surface area (Å²) in [6, 6.07) is 6.71. The minimum Gasteiger partial charge on any atom is -0.337 e. The van der Waals surface area contributed by atoms with Gasteiger partial charge in [0.25, 0.3) is 0 Å². The van der Waals surface area contributed by atoms with Crippen LogP contribution in [0.2, 0.25) is 0 Å². The van der Waals surface area contributed by atoms with Crippen molar-refractivity contribution in [3.05, 3.63) is 29.3 Å². The van der Waals surface area contributed by atoms with Gasteiger partial charge in [-0.1, -0.05) is 6.07 Å². The lowest BCUT2D eigenvalue weighted by Gasteiger charge is -2.31. The van der Waals surface area contributed by atoms with E-state index < -0.39 is 0 Å². The Morgan fingerprint density at radius 3 is 2.80 bits per heavy atom. The Bertz CT molecular complexity index is 524. The number of hydrogen-bond donors (Lipinski definition) is 0. The van der Waals surface area contributed by atoms with E-state index >= 15 is 0 Å². The van der Waals surface area contributed by atoms with Gasteiger partial charge in [0, 0.05) is 17.0 Å². The van der Waals surface area contributed by atoms with Crippen LogP contribution in [0.3, 0.4) is 0 Å². The molecule has 2 aliphatic rings. The van der Waals surface area contributed by atoms with Crippen molar-refractivity contribution in [1.29, 1.82) is 0 Å². The minimum absolute atomic E-state index is 0.0512. The van der Waals surface area contributed by atoms with Crippen LogP contribution >= 0.6 is 11.8 Å². The second-order valence-corrected chi connectivity index (χ2v) is 7.58. The molecule has 0 saturated carbocycles. The molecule has 3 rings (SSSR count). The van der Waals surface area contributed by atoms with Crippen molar-refractivity contribution in [3.8, 4) is 0 Å². The van der Waals surface area contributed by atoms with E-state index in [2.05, 4.69) is 36.9 Å². The molecule has 0 radical (unpaired) electrons. The molecule has 1 aromatic carbocycles. The summed E-state index contributed by atoms with van der Waals surface area (Å²) in [7, 11) is 0. The summed E-state index contributed by atoms with van der Waals surface area (Å²) in [6.45, 7) is 5.28. The Morgan fingerprint density at radius 2 is 2.05 bits per heavy atom. The van der Waals surface area contributed by atoms with Crippen molar-refractivity contribution in [3.63, 3.8) is 0 Å². The summed E-state index contributed by atoms with van der Waals surface area (Å²) in [6.07, 6.45) is 5.98. The fourth-order valence-corrected chi connectivity index (χ4v) is 4.27. The molecule has 108 valence electrons. The number of thioether (sulfide) groups is 1. The van der Waals surface area contributed by atoms with Crippen LogP contribution in [0.1, 0.15) is 44.2 Å². The second kappa shape index (κ2) is 5.44. The lowest BCUT2D eigenvalue weighted by atomic mass is 10.0. The molecule has 0 aromatic heterocycles. The predicted molar refractivity (Wildman–Crippen MR) is 84.2 cm³/mol. The van der Waals surface area contributed by atoms with Gasteiger partial charge in [-0.25, -0.2) is 0 Å². The average molecular weight is 289 g/mol. The summed E-state index contributed by atoms with van der Waals surface area (Å²) in [5.41, 5.74) is 3.04. The van der Waals surface area contributed by atoms with Gasteiger partial charge in [0.1, 0.15) is 0 Å². The number of carbonyl (C=O) groups is 1. The summed E-state index contributed by atoms with van der Waals surface area (Å²) in [4.78, 5) is 15.7. The van der Waals surface area contributed by atoms with Crippen molar-refractivity contribution in [1.82, 2.24) is 4.90 Å². The zero-order valence-corrected chi connectivity index (χ0v) is 13.3. The van der Waals surface area contributed by atoms with Crippen LogP contribution in [0.15, 0.2) is 23.1 Å². The molecule has 3 heteroatoms. The second-order valence-electron chi connectivity index (χ2n) is 6.53.